The molecule has 0 aliphatic carbocycles. The van der Waals surface area contributed by atoms with E-state index >= 15 is 0 Å². The first-order valence-electron chi connectivity index (χ1n) is 7.63. The number of hydrogen-bond acceptors (Lipinski definition) is 3. The van der Waals surface area contributed by atoms with Gasteiger partial charge in [0.05, 0.1) is 7.11 Å². The average Bonchev–Trinajstić information content (AvgIpc) is 2.91. The van der Waals surface area contributed by atoms with Crippen LogP contribution in [0.25, 0.3) is 5.65 Å². The summed E-state index contributed by atoms with van der Waals surface area (Å²) in [7, 11) is 3.12. The maximum Gasteiger partial charge on any atom is 0.277 e. The number of aromatic nitrogens is 2. The Labute approximate surface area is 149 Å². The van der Waals surface area contributed by atoms with Gasteiger partial charge in [0.1, 0.15) is 11.4 Å². The number of methoxy groups -OCH3 is 1. The monoisotopic (exact) mass is 361 g/mol. The van der Waals surface area contributed by atoms with E-state index in [1.165, 1.54) is 9.30 Å². The minimum Gasteiger partial charge on any atom is -0.496 e. The van der Waals surface area contributed by atoms with Crippen molar-refractivity contribution in [3.63, 3.8) is 0 Å². The molecule has 2 heterocycles. The summed E-state index contributed by atoms with van der Waals surface area (Å²) in [6, 6.07) is 8.64. The predicted molar refractivity (Wildman–Crippen MR) is 93.7 cm³/mol. The van der Waals surface area contributed by atoms with Gasteiger partial charge in [0.15, 0.2) is 5.69 Å². The van der Waals surface area contributed by atoms with Gasteiger partial charge < -0.3 is 9.64 Å². The van der Waals surface area contributed by atoms with Crippen LogP contribution in [0, 0.1) is 12.9 Å². The molecule has 0 saturated heterocycles. The Kier molecular flexibility index (Phi) is 4.63. The third kappa shape index (κ3) is 3.30. The van der Waals surface area contributed by atoms with E-state index in [0.717, 1.165) is 11.1 Å². The third-order valence-electron chi connectivity index (χ3n) is 3.91. The summed E-state index contributed by atoms with van der Waals surface area (Å²) in [4.78, 5) is 18.1. The summed E-state index contributed by atoms with van der Waals surface area (Å²) >= 11 is 6.01. The van der Waals surface area contributed by atoms with Crippen LogP contribution in [0.5, 0.6) is 5.75 Å². The molecule has 25 heavy (non-hydrogen) atoms. The lowest BCUT2D eigenvalue weighted by Crippen LogP contribution is -2.27. The summed E-state index contributed by atoms with van der Waals surface area (Å²) in [6.45, 7) is 2.06. The summed E-state index contributed by atoms with van der Waals surface area (Å²) in [5.41, 5.74) is 1.78. The smallest absolute Gasteiger partial charge is 0.277 e. The lowest BCUT2D eigenvalue weighted by Gasteiger charge is -2.18. The molecule has 130 valence electrons. The van der Waals surface area contributed by atoms with E-state index in [4.69, 9.17) is 16.3 Å². The fourth-order valence-electron chi connectivity index (χ4n) is 2.64. The zero-order chi connectivity index (χ0) is 18.1. The second-order valence-corrected chi connectivity index (χ2v) is 6.24. The largest absolute Gasteiger partial charge is 0.496 e. The molecular formula is C18H17ClFN3O2. The predicted octanol–water partition coefficient (Wildman–Crippen LogP) is 3.72. The Hall–Kier alpha value is -2.60. The molecular weight excluding hydrogens is 345 g/mol. The minimum atomic E-state index is -0.673. The first-order chi connectivity index (χ1) is 11.9. The Balaban J connectivity index is 1.91. The normalized spacial score (nSPS) is 10.9. The molecule has 0 saturated carbocycles. The van der Waals surface area contributed by atoms with E-state index in [9.17, 15) is 9.18 Å². The van der Waals surface area contributed by atoms with Gasteiger partial charge in [-0.05, 0) is 36.8 Å². The van der Waals surface area contributed by atoms with Crippen LogP contribution in [0.3, 0.4) is 0 Å². The van der Waals surface area contributed by atoms with Crippen molar-refractivity contribution in [1.82, 2.24) is 14.3 Å². The molecule has 0 radical (unpaired) electrons. The number of halogens is 2. The quantitative estimate of drug-likeness (QED) is 0.711. The Morgan fingerprint density at radius 2 is 2.12 bits per heavy atom. The lowest BCUT2D eigenvalue weighted by molar-refractivity contribution is 0.0773. The summed E-state index contributed by atoms with van der Waals surface area (Å²) < 4.78 is 21.1. The van der Waals surface area contributed by atoms with Crippen molar-refractivity contribution in [2.24, 2.45) is 0 Å². The van der Waals surface area contributed by atoms with Gasteiger partial charge in [0, 0.05) is 30.4 Å². The number of carbonyl (C=O) groups is 1. The summed E-state index contributed by atoms with van der Waals surface area (Å²) in [5, 5.41) is 0.533. The minimum absolute atomic E-state index is 0.214. The molecule has 0 atom stereocenters. The highest BCUT2D eigenvalue weighted by Crippen LogP contribution is 2.24. The molecule has 0 bridgehead atoms. The maximum atomic E-state index is 14.6. The molecule has 0 N–H and O–H groups in total. The van der Waals surface area contributed by atoms with Gasteiger partial charge in [-0.2, -0.15) is 4.39 Å². The van der Waals surface area contributed by atoms with Crippen LogP contribution >= 0.6 is 11.6 Å². The number of nitrogens with zero attached hydrogens (tertiary/aromatic N) is 3. The molecule has 1 amide bonds. The van der Waals surface area contributed by atoms with Gasteiger partial charge in [-0.15, -0.1) is 0 Å². The van der Waals surface area contributed by atoms with Crippen LogP contribution in [0.1, 0.15) is 21.6 Å². The number of rotatable bonds is 4. The number of amides is 1. The van der Waals surface area contributed by atoms with Crippen molar-refractivity contribution in [2.75, 3.05) is 14.2 Å². The molecule has 0 aliphatic heterocycles. The lowest BCUT2D eigenvalue weighted by atomic mass is 10.2. The molecule has 2 aromatic heterocycles. The maximum absolute atomic E-state index is 14.6. The van der Waals surface area contributed by atoms with Gasteiger partial charge >= 0.3 is 0 Å². The van der Waals surface area contributed by atoms with Crippen molar-refractivity contribution in [3.8, 4) is 5.75 Å². The van der Waals surface area contributed by atoms with E-state index in [1.54, 1.807) is 44.6 Å². The fourth-order valence-corrected chi connectivity index (χ4v) is 2.83. The fraction of sp³-hybridized carbons (Fsp3) is 0.222. The SMILES string of the molecule is COc1ccc(Cl)cc1CN(C)C(=O)c1nc2ccc(C)cn2c1F. The number of aryl methyl sites for hydroxylation is 1. The van der Waals surface area contributed by atoms with Crippen molar-refractivity contribution in [1.29, 1.82) is 0 Å². The number of benzene rings is 1. The van der Waals surface area contributed by atoms with E-state index in [1.807, 2.05) is 13.0 Å². The first kappa shape index (κ1) is 17.2. The van der Waals surface area contributed by atoms with Crippen LogP contribution in [0.15, 0.2) is 36.5 Å². The highest BCUT2D eigenvalue weighted by atomic mass is 35.5. The third-order valence-corrected chi connectivity index (χ3v) is 4.14. The van der Waals surface area contributed by atoms with E-state index < -0.39 is 11.9 Å². The first-order valence-corrected chi connectivity index (χ1v) is 8.00. The van der Waals surface area contributed by atoms with Gasteiger partial charge in [0.25, 0.3) is 5.91 Å². The van der Waals surface area contributed by atoms with Crippen LogP contribution in [0.4, 0.5) is 4.39 Å². The summed E-state index contributed by atoms with van der Waals surface area (Å²) in [5.74, 6) is -0.579. The number of fused-ring (bicyclic) bond motifs is 1. The van der Waals surface area contributed by atoms with Gasteiger partial charge in [0.2, 0.25) is 5.95 Å². The summed E-state index contributed by atoms with van der Waals surface area (Å²) in [6.07, 6.45) is 1.61. The number of imidazole rings is 1. The standard InChI is InChI=1S/C18H17ClFN3O2/c1-11-4-7-15-21-16(17(20)23(15)9-11)18(24)22(2)10-12-8-13(19)5-6-14(12)25-3/h4-9H,10H2,1-3H3. The molecule has 0 fully saturated rings. The Bertz CT molecular complexity index is 955. The zero-order valence-electron chi connectivity index (χ0n) is 14.1. The Morgan fingerprint density at radius 3 is 2.84 bits per heavy atom. The molecule has 0 aliphatic rings. The van der Waals surface area contributed by atoms with Crippen molar-refractivity contribution < 1.29 is 13.9 Å². The van der Waals surface area contributed by atoms with Gasteiger partial charge in [-0.1, -0.05) is 17.7 Å². The van der Waals surface area contributed by atoms with Crippen LogP contribution in [-0.4, -0.2) is 34.3 Å². The van der Waals surface area contributed by atoms with Crippen molar-refractivity contribution >= 4 is 23.2 Å². The van der Waals surface area contributed by atoms with Crippen LogP contribution < -0.4 is 4.74 Å². The van der Waals surface area contributed by atoms with E-state index in [0.29, 0.717) is 16.4 Å². The molecule has 3 aromatic rings. The van der Waals surface area contributed by atoms with Crippen LogP contribution in [-0.2, 0) is 6.54 Å². The van der Waals surface area contributed by atoms with E-state index in [-0.39, 0.29) is 12.2 Å². The molecule has 1 aromatic carbocycles. The second kappa shape index (κ2) is 6.72. The van der Waals surface area contributed by atoms with Gasteiger partial charge in [-0.3, -0.25) is 9.20 Å². The highest BCUT2D eigenvalue weighted by Gasteiger charge is 2.23. The second-order valence-electron chi connectivity index (χ2n) is 5.80. The van der Waals surface area contributed by atoms with Crippen molar-refractivity contribution in [2.45, 2.75) is 13.5 Å². The molecule has 0 spiro atoms. The molecule has 0 unspecified atom stereocenters. The number of pyridine rings is 1. The average molecular weight is 362 g/mol. The van der Waals surface area contributed by atoms with Crippen LogP contribution in [0.2, 0.25) is 5.02 Å². The molecule has 7 heteroatoms. The Morgan fingerprint density at radius 1 is 1.36 bits per heavy atom. The topological polar surface area (TPSA) is 46.8 Å². The number of hydrogen-bond donors (Lipinski definition) is 0. The van der Waals surface area contributed by atoms with Gasteiger partial charge in [-0.25, -0.2) is 4.98 Å². The van der Waals surface area contributed by atoms with E-state index in [2.05, 4.69) is 4.98 Å². The number of ether oxygens (including phenoxy) is 1. The molecule has 5 nitrogen and oxygen atoms in total. The zero-order valence-corrected chi connectivity index (χ0v) is 14.8. The molecule has 3 rings (SSSR count). The number of carbonyl (C=O) groups excluding carboxylic acids is 1. The van der Waals surface area contributed by atoms with Crippen molar-refractivity contribution in [3.05, 3.63) is 64.3 Å². The highest BCUT2D eigenvalue weighted by molar-refractivity contribution is 6.30.